The number of hydrogen-bond acceptors (Lipinski definition) is 9. The van der Waals surface area contributed by atoms with Gasteiger partial charge in [0.25, 0.3) is 0 Å². The number of thiophene rings is 3. The normalized spacial score (nSPS) is 11.4. The van der Waals surface area contributed by atoms with Gasteiger partial charge in [-0.2, -0.15) is 0 Å². The molecule has 0 saturated carbocycles. The molecule has 5 aromatic rings. The SMILES string of the molecule is COc1ccc(/C=C/c2ccc(-c3sc(-c4ccc(/C=C/c5ccc(OC)s5)cc4)c([N+](=O)[O-])c3[N+](=O)[O-])cc2)s1. The van der Waals surface area contributed by atoms with Gasteiger partial charge in [0, 0.05) is 9.75 Å². The highest BCUT2D eigenvalue weighted by atomic mass is 32.1. The van der Waals surface area contributed by atoms with E-state index in [4.69, 9.17) is 9.47 Å². The van der Waals surface area contributed by atoms with Crippen LogP contribution in [0.1, 0.15) is 20.9 Å². The molecule has 0 N–H and O–H groups in total. The Bertz CT molecular complexity index is 1630. The van der Waals surface area contributed by atoms with Crippen LogP contribution in [0.15, 0.2) is 72.8 Å². The monoisotopic (exact) mass is 602 g/mol. The molecule has 206 valence electrons. The van der Waals surface area contributed by atoms with E-state index in [2.05, 4.69) is 0 Å². The second-order valence-electron chi connectivity index (χ2n) is 8.60. The molecular formula is C30H22N2O6S3. The maximum absolute atomic E-state index is 12.1. The molecule has 0 unspecified atom stereocenters. The minimum atomic E-state index is -0.669. The molecule has 0 radical (unpaired) electrons. The van der Waals surface area contributed by atoms with Gasteiger partial charge in [0.1, 0.15) is 9.75 Å². The Kier molecular flexibility index (Phi) is 8.39. The van der Waals surface area contributed by atoms with Crippen molar-refractivity contribution in [3.05, 3.63) is 114 Å². The topological polar surface area (TPSA) is 105 Å². The molecule has 0 aliphatic rings. The van der Waals surface area contributed by atoms with E-state index in [1.165, 1.54) is 22.7 Å². The van der Waals surface area contributed by atoms with Gasteiger partial charge in [-0.1, -0.05) is 83.4 Å². The Balaban J connectivity index is 1.44. The van der Waals surface area contributed by atoms with Crippen LogP contribution in [0, 0.1) is 20.2 Å². The molecule has 5 rings (SSSR count). The lowest BCUT2D eigenvalue weighted by atomic mass is 10.1. The maximum atomic E-state index is 12.1. The van der Waals surface area contributed by atoms with Gasteiger partial charge in [-0.15, -0.1) is 11.3 Å². The van der Waals surface area contributed by atoms with Gasteiger partial charge in [-0.3, -0.25) is 20.2 Å². The predicted octanol–water partition coefficient (Wildman–Crippen LogP) is 9.38. The van der Waals surface area contributed by atoms with E-state index >= 15 is 0 Å². The van der Waals surface area contributed by atoms with Gasteiger partial charge < -0.3 is 9.47 Å². The highest BCUT2D eigenvalue weighted by Gasteiger charge is 2.37. The second kappa shape index (κ2) is 12.3. The fourth-order valence-corrected chi connectivity index (χ4v) is 6.75. The first-order chi connectivity index (χ1) is 19.9. The summed E-state index contributed by atoms with van der Waals surface area (Å²) < 4.78 is 10.4. The van der Waals surface area contributed by atoms with E-state index < -0.39 is 21.2 Å². The molecule has 2 aromatic carbocycles. The van der Waals surface area contributed by atoms with Crippen LogP contribution in [-0.4, -0.2) is 24.1 Å². The number of methoxy groups -OCH3 is 2. The van der Waals surface area contributed by atoms with Crippen molar-refractivity contribution in [1.82, 2.24) is 0 Å². The van der Waals surface area contributed by atoms with Crippen LogP contribution in [0.3, 0.4) is 0 Å². The van der Waals surface area contributed by atoms with Crippen molar-refractivity contribution in [1.29, 1.82) is 0 Å². The van der Waals surface area contributed by atoms with Crippen molar-refractivity contribution >= 4 is 69.7 Å². The van der Waals surface area contributed by atoms with Crippen molar-refractivity contribution in [2.24, 2.45) is 0 Å². The van der Waals surface area contributed by atoms with Gasteiger partial charge in [0.15, 0.2) is 10.1 Å². The molecular weight excluding hydrogens is 581 g/mol. The van der Waals surface area contributed by atoms with Crippen LogP contribution >= 0.6 is 34.0 Å². The molecule has 0 aliphatic carbocycles. The summed E-state index contributed by atoms with van der Waals surface area (Å²) in [5.41, 5.74) is 1.85. The summed E-state index contributed by atoms with van der Waals surface area (Å²) in [5, 5.41) is 25.8. The van der Waals surface area contributed by atoms with Crippen molar-refractivity contribution in [2.45, 2.75) is 0 Å². The van der Waals surface area contributed by atoms with E-state index in [1.807, 2.05) is 72.8 Å². The second-order valence-corrected chi connectivity index (χ2v) is 11.8. The molecule has 0 aliphatic heterocycles. The van der Waals surface area contributed by atoms with Crippen molar-refractivity contribution in [3.8, 4) is 31.0 Å². The van der Waals surface area contributed by atoms with Crippen LogP contribution in [-0.2, 0) is 0 Å². The molecule has 11 heteroatoms. The maximum Gasteiger partial charge on any atom is 0.365 e. The fourth-order valence-electron chi connectivity index (χ4n) is 4.06. The average Bonchev–Trinajstić information content (AvgIpc) is 3.74. The summed E-state index contributed by atoms with van der Waals surface area (Å²) in [7, 11) is 3.24. The Hall–Kier alpha value is -4.58. The third kappa shape index (κ3) is 6.27. The van der Waals surface area contributed by atoms with Crippen LogP contribution in [0.25, 0.3) is 45.2 Å². The number of hydrogen-bond donors (Lipinski definition) is 0. The first kappa shape index (κ1) is 28.0. The summed E-state index contributed by atoms with van der Waals surface area (Å²) in [5.74, 6) is 0. The number of ether oxygens (including phenoxy) is 2. The Morgan fingerprint density at radius 2 is 0.951 bits per heavy atom. The Morgan fingerprint density at radius 1 is 0.561 bits per heavy atom. The summed E-state index contributed by atoms with van der Waals surface area (Å²) in [6, 6.07) is 22.0. The van der Waals surface area contributed by atoms with Gasteiger partial charge in [-0.05, 0) is 58.7 Å². The zero-order valence-corrected chi connectivity index (χ0v) is 24.3. The Morgan fingerprint density at radius 3 is 1.27 bits per heavy atom. The van der Waals surface area contributed by atoms with E-state index in [-0.39, 0.29) is 9.75 Å². The molecule has 0 saturated heterocycles. The van der Waals surface area contributed by atoms with Crippen molar-refractivity contribution in [3.63, 3.8) is 0 Å². The number of benzene rings is 2. The number of nitrogens with zero attached hydrogens (tertiary/aromatic N) is 2. The number of nitro groups is 2. The largest absolute Gasteiger partial charge is 0.487 e. The highest BCUT2D eigenvalue weighted by molar-refractivity contribution is 7.20. The molecule has 0 atom stereocenters. The molecule has 0 spiro atoms. The van der Waals surface area contributed by atoms with Crippen molar-refractivity contribution in [2.75, 3.05) is 14.2 Å². The van der Waals surface area contributed by atoms with E-state index in [1.54, 1.807) is 38.5 Å². The standard InChI is InChI=1S/C30H22N2O6S3/c1-37-25-17-15-23(39-25)13-7-19-3-9-21(10-4-19)29-27(31(33)34)28(32(35)36)30(41-29)22-11-5-20(6-12-22)8-14-24-16-18-26(38-2)40-24/h3-18H,1-2H3/b13-7+,14-8+. The Labute approximate surface area is 247 Å². The van der Waals surface area contributed by atoms with Crippen LogP contribution in [0.4, 0.5) is 11.4 Å². The van der Waals surface area contributed by atoms with E-state index in [0.717, 1.165) is 42.3 Å². The van der Waals surface area contributed by atoms with Gasteiger partial charge in [0.05, 0.1) is 24.1 Å². The quantitative estimate of drug-likeness (QED) is 0.116. The fraction of sp³-hybridized carbons (Fsp3) is 0.0667. The lowest BCUT2D eigenvalue weighted by Gasteiger charge is -1.99. The molecule has 8 nitrogen and oxygen atoms in total. The van der Waals surface area contributed by atoms with Gasteiger partial charge >= 0.3 is 11.4 Å². The predicted molar refractivity (Wildman–Crippen MR) is 168 cm³/mol. The first-order valence-electron chi connectivity index (χ1n) is 12.2. The number of rotatable bonds is 10. The minimum Gasteiger partial charge on any atom is -0.487 e. The molecule has 41 heavy (non-hydrogen) atoms. The first-order valence-corrected chi connectivity index (χ1v) is 14.6. The summed E-state index contributed by atoms with van der Waals surface area (Å²) in [6.45, 7) is 0. The van der Waals surface area contributed by atoms with Crippen LogP contribution in [0.5, 0.6) is 10.1 Å². The summed E-state index contributed by atoms with van der Waals surface area (Å²) in [4.78, 5) is 25.4. The molecule has 0 fully saturated rings. The third-order valence-corrected chi connectivity index (χ3v) is 9.35. The lowest BCUT2D eigenvalue weighted by molar-refractivity contribution is -0.420. The van der Waals surface area contributed by atoms with Crippen molar-refractivity contribution < 1.29 is 19.3 Å². The van der Waals surface area contributed by atoms with E-state index in [0.29, 0.717) is 11.1 Å². The van der Waals surface area contributed by atoms with Crippen LogP contribution < -0.4 is 9.47 Å². The molecule has 0 bridgehead atoms. The lowest BCUT2D eigenvalue weighted by Crippen LogP contribution is -1.95. The van der Waals surface area contributed by atoms with Gasteiger partial charge in [-0.25, -0.2) is 0 Å². The molecule has 0 amide bonds. The zero-order chi connectivity index (χ0) is 28.9. The minimum absolute atomic E-state index is 0.242. The van der Waals surface area contributed by atoms with Gasteiger partial charge in [0.2, 0.25) is 0 Å². The average molecular weight is 603 g/mol. The molecule has 3 aromatic heterocycles. The van der Waals surface area contributed by atoms with E-state index in [9.17, 15) is 20.2 Å². The highest BCUT2D eigenvalue weighted by Crippen LogP contribution is 2.51. The summed E-state index contributed by atoms with van der Waals surface area (Å²) in [6.07, 6.45) is 7.76. The zero-order valence-electron chi connectivity index (χ0n) is 21.8. The smallest absolute Gasteiger partial charge is 0.365 e. The third-order valence-electron chi connectivity index (χ3n) is 6.06. The molecule has 3 heterocycles. The van der Waals surface area contributed by atoms with Crippen LogP contribution in [0.2, 0.25) is 0 Å². The summed E-state index contributed by atoms with van der Waals surface area (Å²) >= 11 is 4.07.